The van der Waals surface area contributed by atoms with Crippen LogP contribution in [0, 0.1) is 0 Å². The van der Waals surface area contributed by atoms with Crippen molar-refractivity contribution in [1.82, 2.24) is 9.78 Å². The lowest BCUT2D eigenvalue weighted by atomic mass is 10.3. The Morgan fingerprint density at radius 3 is 2.71 bits per heavy atom. The van der Waals surface area contributed by atoms with E-state index in [0.29, 0.717) is 0 Å². The van der Waals surface area contributed by atoms with E-state index in [-0.39, 0.29) is 10.0 Å². The fourth-order valence-electron chi connectivity index (χ4n) is 0.805. The summed E-state index contributed by atoms with van der Waals surface area (Å²) < 4.78 is 0.760. The average molecular weight is 237 g/mol. The molecule has 76 valence electrons. The molecule has 0 aliphatic rings. The zero-order valence-electron chi connectivity index (χ0n) is 7.07. The molecule has 1 aromatic rings. The maximum absolute atomic E-state index is 11.4. The van der Waals surface area contributed by atoms with Crippen LogP contribution in [-0.2, 0) is 4.79 Å². The summed E-state index contributed by atoms with van der Waals surface area (Å²) >= 11 is 11.0. The van der Waals surface area contributed by atoms with E-state index >= 15 is 0 Å². The minimum absolute atomic E-state index is 0.00510. The van der Waals surface area contributed by atoms with E-state index in [1.165, 1.54) is 6.92 Å². The summed E-state index contributed by atoms with van der Waals surface area (Å²) in [6.45, 7) is 1.32. The largest absolute Gasteiger partial charge is 0.480 e. The van der Waals surface area contributed by atoms with Crippen LogP contribution in [0.25, 0.3) is 0 Å². The van der Waals surface area contributed by atoms with E-state index in [2.05, 4.69) is 5.10 Å². The standard InChI is InChI=1S/C7H6Cl2N2O3/c1-3(7(13)14)11-6(12)5(9)4(8)2-10-11/h2-3H,1H3,(H,13,14)/t3-/m1/s1. The molecule has 0 aromatic carbocycles. The highest BCUT2D eigenvalue weighted by atomic mass is 35.5. The van der Waals surface area contributed by atoms with Crippen LogP contribution in [-0.4, -0.2) is 20.9 Å². The molecular weight excluding hydrogens is 231 g/mol. The lowest BCUT2D eigenvalue weighted by Gasteiger charge is -2.08. The Morgan fingerprint density at radius 1 is 1.64 bits per heavy atom. The molecule has 0 aliphatic heterocycles. The monoisotopic (exact) mass is 236 g/mol. The highest BCUT2D eigenvalue weighted by Gasteiger charge is 2.18. The zero-order valence-corrected chi connectivity index (χ0v) is 8.58. The summed E-state index contributed by atoms with van der Waals surface area (Å²) in [6.07, 6.45) is 1.13. The van der Waals surface area contributed by atoms with Crippen molar-refractivity contribution in [3.63, 3.8) is 0 Å². The van der Waals surface area contributed by atoms with Crippen LogP contribution in [0.3, 0.4) is 0 Å². The first-order valence-electron chi connectivity index (χ1n) is 3.60. The molecule has 0 aliphatic carbocycles. The van der Waals surface area contributed by atoms with Gasteiger partial charge < -0.3 is 5.11 Å². The molecule has 1 aromatic heterocycles. The van der Waals surface area contributed by atoms with Crippen LogP contribution >= 0.6 is 23.2 Å². The van der Waals surface area contributed by atoms with Crippen LogP contribution in [0.2, 0.25) is 10.0 Å². The third-order valence-electron chi connectivity index (χ3n) is 1.63. The van der Waals surface area contributed by atoms with Crippen molar-refractivity contribution in [2.75, 3.05) is 0 Å². The maximum atomic E-state index is 11.4. The predicted molar refractivity (Wildman–Crippen MR) is 50.9 cm³/mol. The average Bonchev–Trinajstić information content (AvgIpc) is 2.13. The number of halogens is 2. The summed E-state index contributed by atoms with van der Waals surface area (Å²) in [4.78, 5) is 21.9. The summed E-state index contributed by atoms with van der Waals surface area (Å²) in [5.74, 6) is -1.17. The van der Waals surface area contributed by atoms with Crippen molar-refractivity contribution in [3.8, 4) is 0 Å². The summed E-state index contributed by atoms with van der Waals surface area (Å²) in [5, 5.41) is 12.0. The molecule has 0 saturated carbocycles. The zero-order chi connectivity index (χ0) is 10.9. The van der Waals surface area contributed by atoms with E-state index in [1.807, 2.05) is 0 Å². The summed E-state index contributed by atoms with van der Waals surface area (Å²) in [6, 6.07) is -1.07. The Morgan fingerprint density at radius 2 is 2.21 bits per heavy atom. The van der Waals surface area contributed by atoms with Gasteiger partial charge in [0, 0.05) is 0 Å². The van der Waals surface area contributed by atoms with Gasteiger partial charge in [0.05, 0.1) is 11.2 Å². The van der Waals surface area contributed by atoms with Gasteiger partial charge in [0.15, 0.2) is 6.04 Å². The van der Waals surface area contributed by atoms with Gasteiger partial charge in [0.1, 0.15) is 5.02 Å². The Kier molecular flexibility index (Phi) is 3.13. The minimum atomic E-state index is -1.17. The van der Waals surface area contributed by atoms with Crippen molar-refractivity contribution in [1.29, 1.82) is 0 Å². The Balaban J connectivity index is 3.32. The first-order valence-corrected chi connectivity index (χ1v) is 4.36. The van der Waals surface area contributed by atoms with Crippen LogP contribution in [0.1, 0.15) is 13.0 Å². The number of rotatable bonds is 2. The molecule has 0 saturated heterocycles. The van der Waals surface area contributed by atoms with Crippen molar-refractivity contribution in [3.05, 3.63) is 26.6 Å². The van der Waals surface area contributed by atoms with E-state index in [9.17, 15) is 9.59 Å². The minimum Gasteiger partial charge on any atom is -0.480 e. The van der Waals surface area contributed by atoms with Crippen LogP contribution in [0.5, 0.6) is 0 Å². The second-order valence-electron chi connectivity index (χ2n) is 2.57. The van der Waals surface area contributed by atoms with Gasteiger partial charge in [0.2, 0.25) is 0 Å². The normalized spacial score (nSPS) is 12.5. The number of carbonyl (C=O) groups is 1. The van der Waals surface area contributed by atoms with Crippen molar-refractivity contribution in [2.45, 2.75) is 13.0 Å². The van der Waals surface area contributed by atoms with Gasteiger partial charge in [-0.3, -0.25) is 4.79 Å². The quantitative estimate of drug-likeness (QED) is 0.838. The maximum Gasteiger partial charge on any atom is 0.328 e. The third kappa shape index (κ3) is 1.88. The fourth-order valence-corrected chi connectivity index (χ4v) is 1.07. The molecule has 14 heavy (non-hydrogen) atoms. The second kappa shape index (κ2) is 3.98. The number of hydrogen-bond donors (Lipinski definition) is 1. The van der Waals surface area contributed by atoms with Crippen molar-refractivity contribution in [2.24, 2.45) is 0 Å². The highest BCUT2D eigenvalue weighted by Crippen LogP contribution is 2.15. The smallest absolute Gasteiger partial charge is 0.328 e. The number of carboxylic acids is 1. The van der Waals surface area contributed by atoms with E-state index in [0.717, 1.165) is 10.9 Å². The number of aromatic nitrogens is 2. The Hall–Kier alpha value is -1.07. The molecule has 5 nitrogen and oxygen atoms in total. The van der Waals surface area contributed by atoms with Crippen LogP contribution in [0.4, 0.5) is 0 Å². The predicted octanol–water partition coefficient (Wildman–Crippen LogP) is 1.20. The van der Waals surface area contributed by atoms with Gasteiger partial charge in [-0.05, 0) is 6.92 Å². The lowest BCUT2D eigenvalue weighted by molar-refractivity contribution is -0.140. The molecule has 0 fully saturated rings. The molecule has 1 rings (SSSR count). The molecule has 1 heterocycles. The van der Waals surface area contributed by atoms with Crippen molar-refractivity contribution >= 4 is 29.2 Å². The molecule has 1 atom stereocenters. The van der Waals surface area contributed by atoms with Gasteiger partial charge in [0.25, 0.3) is 5.56 Å². The number of aliphatic carboxylic acids is 1. The Labute approximate surface area is 88.9 Å². The van der Waals surface area contributed by atoms with Crippen LogP contribution in [0.15, 0.2) is 11.0 Å². The summed E-state index contributed by atoms with van der Waals surface area (Å²) in [7, 11) is 0. The van der Waals surface area contributed by atoms with E-state index < -0.39 is 17.6 Å². The lowest BCUT2D eigenvalue weighted by Crippen LogP contribution is -2.30. The first kappa shape index (κ1) is 11.0. The molecule has 0 bridgehead atoms. The number of hydrogen-bond acceptors (Lipinski definition) is 3. The molecule has 7 heteroatoms. The van der Waals surface area contributed by atoms with E-state index in [1.54, 1.807) is 0 Å². The number of nitrogens with zero attached hydrogens (tertiary/aromatic N) is 2. The van der Waals surface area contributed by atoms with Gasteiger partial charge in [-0.2, -0.15) is 5.10 Å². The summed E-state index contributed by atoms with van der Waals surface area (Å²) in [5.41, 5.74) is -0.714. The number of carboxylic acid groups (broad SMARTS) is 1. The van der Waals surface area contributed by atoms with Crippen LogP contribution < -0.4 is 5.56 Å². The molecule has 1 N–H and O–H groups in total. The van der Waals surface area contributed by atoms with Gasteiger partial charge in [-0.1, -0.05) is 23.2 Å². The Bertz CT molecular complexity index is 429. The SMILES string of the molecule is C[C@H](C(=O)O)n1ncc(Cl)c(Cl)c1=O. The second-order valence-corrected chi connectivity index (χ2v) is 3.36. The topological polar surface area (TPSA) is 72.2 Å². The molecule has 0 spiro atoms. The molecule has 0 amide bonds. The third-order valence-corrected chi connectivity index (χ3v) is 2.37. The molecule has 0 radical (unpaired) electrons. The molecular formula is C7H6Cl2N2O3. The first-order chi connectivity index (χ1) is 6.45. The van der Waals surface area contributed by atoms with Crippen molar-refractivity contribution < 1.29 is 9.90 Å². The van der Waals surface area contributed by atoms with Gasteiger partial charge in [-0.15, -0.1) is 0 Å². The highest BCUT2D eigenvalue weighted by molar-refractivity contribution is 6.41. The fraction of sp³-hybridized carbons (Fsp3) is 0.286. The van der Waals surface area contributed by atoms with E-state index in [4.69, 9.17) is 28.3 Å². The van der Waals surface area contributed by atoms with Gasteiger partial charge >= 0.3 is 5.97 Å². The van der Waals surface area contributed by atoms with Gasteiger partial charge in [-0.25, -0.2) is 9.48 Å². The molecule has 0 unspecified atom stereocenters.